The first-order valence-electron chi connectivity index (χ1n) is 15.1. The van der Waals surface area contributed by atoms with Gasteiger partial charge in [0.2, 0.25) is 21.8 Å². The zero-order chi connectivity index (χ0) is 32.1. The van der Waals surface area contributed by atoms with E-state index < -0.39 is 28.5 Å². The molecule has 1 atom stereocenters. The maximum Gasteiger partial charge on any atom is 0.244 e. The maximum absolute atomic E-state index is 14.2. The summed E-state index contributed by atoms with van der Waals surface area (Å²) in [5.74, 6) is -0.192. The predicted octanol–water partition coefficient (Wildman–Crippen LogP) is 5.59. The summed E-state index contributed by atoms with van der Waals surface area (Å²) in [7, 11) is -3.87. The largest absolute Gasteiger partial charge is 0.489 e. The smallest absolute Gasteiger partial charge is 0.244 e. The van der Waals surface area contributed by atoms with E-state index in [1.807, 2.05) is 97.9 Å². The lowest BCUT2D eigenvalue weighted by Gasteiger charge is -2.33. The molecule has 8 nitrogen and oxygen atoms in total. The number of benzene rings is 4. The molecule has 9 heteroatoms. The summed E-state index contributed by atoms with van der Waals surface area (Å²) < 4.78 is 33.1. The van der Waals surface area contributed by atoms with Crippen molar-refractivity contribution in [2.24, 2.45) is 0 Å². The molecule has 4 aromatic rings. The van der Waals surface area contributed by atoms with Crippen LogP contribution in [0.4, 0.5) is 5.69 Å². The second-order valence-electron chi connectivity index (χ2n) is 10.9. The number of unbranched alkanes of at least 4 members (excludes halogenated alkanes) is 1. The molecule has 1 N–H and O–H groups in total. The van der Waals surface area contributed by atoms with Crippen molar-refractivity contribution >= 4 is 27.5 Å². The monoisotopic (exact) mass is 627 g/mol. The van der Waals surface area contributed by atoms with Crippen molar-refractivity contribution in [1.29, 1.82) is 0 Å². The quantitative estimate of drug-likeness (QED) is 0.164. The zero-order valence-electron chi connectivity index (χ0n) is 25.8. The lowest BCUT2D eigenvalue weighted by atomic mass is 10.0. The molecule has 0 unspecified atom stereocenters. The van der Waals surface area contributed by atoms with Crippen LogP contribution in [0.15, 0.2) is 115 Å². The molecule has 0 radical (unpaired) electrons. The number of hydrogen-bond donors (Lipinski definition) is 1. The number of nitrogens with one attached hydrogen (secondary N) is 1. The van der Waals surface area contributed by atoms with Crippen molar-refractivity contribution < 1.29 is 22.7 Å². The van der Waals surface area contributed by atoms with Crippen LogP contribution < -0.4 is 14.4 Å². The highest BCUT2D eigenvalue weighted by atomic mass is 32.2. The highest BCUT2D eigenvalue weighted by molar-refractivity contribution is 7.92. The Morgan fingerprint density at radius 2 is 1.33 bits per heavy atom. The highest BCUT2D eigenvalue weighted by Crippen LogP contribution is 2.24. The number of ether oxygens (including phenoxy) is 1. The first kappa shape index (κ1) is 33.3. The molecule has 4 aromatic carbocycles. The molecule has 0 aliphatic rings. The minimum absolute atomic E-state index is 0.141. The van der Waals surface area contributed by atoms with Crippen molar-refractivity contribution in [3.05, 3.63) is 132 Å². The summed E-state index contributed by atoms with van der Waals surface area (Å²) in [6.45, 7) is 2.57. The van der Waals surface area contributed by atoms with Crippen molar-refractivity contribution in [2.75, 3.05) is 23.7 Å². The molecular weight excluding hydrogens is 586 g/mol. The van der Waals surface area contributed by atoms with Crippen molar-refractivity contribution in [3.8, 4) is 5.75 Å². The molecule has 0 aliphatic carbocycles. The van der Waals surface area contributed by atoms with E-state index in [1.165, 1.54) is 4.90 Å². The fourth-order valence-electron chi connectivity index (χ4n) is 4.90. The predicted molar refractivity (Wildman–Crippen MR) is 178 cm³/mol. The molecule has 4 rings (SSSR count). The van der Waals surface area contributed by atoms with Crippen LogP contribution in [0.5, 0.6) is 5.75 Å². The van der Waals surface area contributed by atoms with Gasteiger partial charge < -0.3 is 15.0 Å². The molecule has 0 fully saturated rings. The Hall–Kier alpha value is -4.63. The Labute approximate surface area is 266 Å². The van der Waals surface area contributed by atoms with Gasteiger partial charge in [-0.25, -0.2) is 8.42 Å². The second kappa shape index (κ2) is 16.4. The first-order chi connectivity index (χ1) is 21.7. The molecule has 0 bridgehead atoms. The molecule has 0 saturated heterocycles. The van der Waals surface area contributed by atoms with Gasteiger partial charge in [-0.15, -0.1) is 0 Å². The van der Waals surface area contributed by atoms with Crippen LogP contribution in [0, 0.1) is 0 Å². The molecule has 0 saturated carbocycles. The topological polar surface area (TPSA) is 96.0 Å². The van der Waals surface area contributed by atoms with Gasteiger partial charge in [0.05, 0.1) is 11.9 Å². The minimum Gasteiger partial charge on any atom is -0.489 e. The minimum atomic E-state index is -3.87. The Kier molecular flexibility index (Phi) is 12.2. The lowest BCUT2D eigenvalue weighted by molar-refractivity contribution is -0.140. The summed E-state index contributed by atoms with van der Waals surface area (Å²) >= 11 is 0. The maximum atomic E-state index is 14.2. The summed E-state index contributed by atoms with van der Waals surface area (Å²) in [5, 5.41) is 2.99. The van der Waals surface area contributed by atoms with E-state index in [0.29, 0.717) is 24.6 Å². The van der Waals surface area contributed by atoms with Crippen LogP contribution >= 0.6 is 0 Å². The van der Waals surface area contributed by atoms with E-state index >= 15 is 0 Å². The van der Waals surface area contributed by atoms with Gasteiger partial charge in [-0.1, -0.05) is 104 Å². The summed E-state index contributed by atoms with van der Waals surface area (Å²) in [6.07, 6.45) is 3.07. The number of nitrogens with zero attached hydrogens (tertiary/aromatic N) is 2. The highest BCUT2D eigenvalue weighted by Gasteiger charge is 2.33. The lowest BCUT2D eigenvalue weighted by Crippen LogP contribution is -2.53. The van der Waals surface area contributed by atoms with Gasteiger partial charge >= 0.3 is 0 Å². The Bertz CT molecular complexity index is 1600. The summed E-state index contributed by atoms with van der Waals surface area (Å²) in [4.78, 5) is 29.3. The Balaban J connectivity index is 1.61. The van der Waals surface area contributed by atoms with E-state index in [1.54, 1.807) is 24.3 Å². The van der Waals surface area contributed by atoms with Gasteiger partial charge in [-0.05, 0) is 47.4 Å². The number of hydrogen-bond acceptors (Lipinski definition) is 5. The number of rotatable bonds is 16. The van der Waals surface area contributed by atoms with Crippen LogP contribution in [0.1, 0.15) is 36.5 Å². The SMILES string of the molecule is CCCCNC(=O)[C@@H](Cc1ccccc1)N(Cc1ccccc1)C(=O)CN(c1ccc(OCc2ccccc2)cc1)S(C)(=O)=O. The van der Waals surface area contributed by atoms with E-state index in [-0.39, 0.29) is 18.9 Å². The molecule has 0 aromatic heterocycles. The van der Waals surface area contributed by atoms with E-state index in [0.717, 1.165) is 40.1 Å². The second-order valence-corrected chi connectivity index (χ2v) is 12.8. The van der Waals surface area contributed by atoms with Crippen LogP contribution in [0.3, 0.4) is 0 Å². The fourth-order valence-corrected chi connectivity index (χ4v) is 5.75. The molecule has 45 heavy (non-hydrogen) atoms. The van der Waals surface area contributed by atoms with Crippen molar-refractivity contribution in [2.45, 2.75) is 45.4 Å². The molecule has 0 aliphatic heterocycles. The molecule has 236 valence electrons. The van der Waals surface area contributed by atoms with Crippen molar-refractivity contribution in [3.63, 3.8) is 0 Å². The van der Waals surface area contributed by atoms with E-state index in [9.17, 15) is 18.0 Å². The molecule has 2 amide bonds. The van der Waals surface area contributed by atoms with Gasteiger partial charge in [0.15, 0.2) is 0 Å². The zero-order valence-corrected chi connectivity index (χ0v) is 26.7. The van der Waals surface area contributed by atoms with E-state index in [2.05, 4.69) is 5.32 Å². The average molecular weight is 628 g/mol. The molecular formula is C36H41N3O5S. The third-order valence-corrected chi connectivity index (χ3v) is 8.49. The molecule has 0 heterocycles. The van der Waals surface area contributed by atoms with Gasteiger partial charge in [0.25, 0.3) is 0 Å². The summed E-state index contributed by atoms with van der Waals surface area (Å²) in [5.41, 5.74) is 3.05. The van der Waals surface area contributed by atoms with Gasteiger partial charge in [-0.2, -0.15) is 0 Å². The number of sulfonamides is 1. The van der Waals surface area contributed by atoms with Crippen LogP contribution in [-0.2, 0) is 39.2 Å². The third-order valence-electron chi connectivity index (χ3n) is 7.35. The Morgan fingerprint density at radius 3 is 1.89 bits per heavy atom. The van der Waals surface area contributed by atoms with Gasteiger partial charge in [0.1, 0.15) is 24.9 Å². The van der Waals surface area contributed by atoms with Crippen LogP contribution in [0.2, 0.25) is 0 Å². The summed E-state index contributed by atoms with van der Waals surface area (Å²) in [6, 6.07) is 34.4. The normalized spacial score (nSPS) is 11.8. The molecule has 0 spiro atoms. The first-order valence-corrected chi connectivity index (χ1v) is 17.0. The van der Waals surface area contributed by atoms with Crippen LogP contribution in [0.25, 0.3) is 0 Å². The third kappa shape index (κ3) is 10.2. The fraction of sp³-hybridized carbons (Fsp3) is 0.278. The Morgan fingerprint density at radius 1 is 0.778 bits per heavy atom. The number of carbonyl (C=O) groups excluding carboxylic acids is 2. The number of amides is 2. The number of carbonyl (C=O) groups is 2. The number of anilines is 1. The van der Waals surface area contributed by atoms with E-state index in [4.69, 9.17) is 4.74 Å². The van der Waals surface area contributed by atoms with Crippen LogP contribution in [-0.4, -0.2) is 50.5 Å². The van der Waals surface area contributed by atoms with Gasteiger partial charge in [0, 0.05) is 19.5 Å². The van der Waals surface area contributed by atoms with Gasteiger partial charge in [-0.3, -0.25) is 13.9 Å². The van der Waals surface area contributed by atoms with Crippen molar-refractivity contribution in [1.82, 2.24) is 10.2 Å². The standard InChI is InChI=1S/C36H41N3O5S/c1-3-4-24-37-36(41)34(25-29-14-8-5-9-15-29)38(26-30-16-10-6-11-17-30)35(40)27-39(45(2,42)43)32-20-22-33(23-21-32)44-28-31-18-12-7-13-19-31/h5-23,34H,3-4,24-28H2,1-2H3,(H,37,41)/t34-/m1/s1. The average Bonchev–Trinajstić information content (AvgIpc) is 3.05.